The third-order valence-corrected chi connectivity index (χ3v) is 29.8. The Bertz CT molecular complexity index is 2280. The molecule has 0 heterocycles. The Morgan fingerprint density at radius 3 is 1.40 bits per heavy atom. The molecule has 0 bridgehead atoms. The summed E-state index contributed by atoms with van der Waals surface area (Å²) in [5.74, 6) is 0.306. The second-order valence-corrected chi connectivity index (χ2v) is 35.8. The van der Waals surface area contributed by atoms with Crippen LogP contribution in [0.1, 0.15) is 162 Å². The summed E-state index contributed by atoms with van der Waals surface area (Å²) in [4.78, 5) is 0. The third kappa shape index (κ3) is 7.86. The van der Waals surface area contributed by atoms with E-state index in [1.165, 1.54) is 67.8 Å². The van der Waals surface area contributed by atoms with Crippen molar-refractivity contribution in [2.75, 3.05) is 0 Å². The Hall–Kier alpha value is -2.31. The fourth-order valence-corrected chi connectivity index (χ4v) is 28.1. The van der Waals surface area contributed by atoms with Crippen molar-refractivity contribution in [1.29, 1.82) is 0 Å². The zero-order valence-corrected chi connectivity index (χ0v) is 43.6. The summed E-state index contributed by atoms with van der Waals surface area (Å²) in [5.41, 5.74) is 15.7. The van der Waals surface area contributed by atoms with Gasteiger partial charge in [0, 0.05) is 0 Å². The van der Waals surface area contributed by atoms with Crippen LogP contribution in [0.4, 0.5) is 0 Å². The molecule has 4 aromatic rings. The number of fused-ring (bicyclic) bond motifs is 3. The monoisotopic (exact) mass is 896 g/mol. The summed E-state index contributed by atoms with van der Waals surface area (Å²) in [7, 11) is 0. The summed E-state index contributed by atoms with van der Waals surface area (Å²) < 4.78 is 12.2. The van der Waals surface area contributed by atoms with Crippen molar-refractivity contribution in [3.8, 4) is 11.1 Å². The van der Waals surface area contributed by atoms with Gasteiger partial charge in [-0.2, -0.15) is 0 Å². The summed E-state index contributed by atoms with van der Waals surface area (Å²) in [6.07, 6.45) is 7.31. The van der Waals surface area contributed by atoms with E-state index in [1.54, 1.807) is 6.55 Å². The Labute approximate surface area is 368 Å². The average Bonchev–Trinajstić information content (AvgIpc) is 3.68. The SMILES string of the molecule is Cl.Cl.[CH2]=[Zr]([C]1=CC(C(C)(C)C)=CC1CC)([c]1ccc(C)cc1)([c]1ccc(C)cc1)[c]1c2c(cc(C(C)(C)C)c1C(C)(C)C)-c1cc(C(C)(C)C)c(C(C)(C)C)cc1C2. The van der Waals surface area contributed by atoms with Crippen LogP contribution in [0.25, 0.3) is 11.1 Å². The number of rotatable bonds is 5. The molecule has 0 aromatic heterocycles. The quantitative estimate of drug-likeness (QED) is 0.165. The maximum atomic E-state index is 6.13. The average molecular weight is 899 g/mol. The first-order valence-corrected chi connectivity index (χ1v) is 28.2. The molecule has 2 aliphatic carbocycles. The van der Waals surface area contributed by atoms with Gasteiger partial charge in [0.2, 0.25) is 0 Å². The summed E-state index contributed by atoms with van der Waals surface area (Å²) in [6.45, 7) is 43.2. The molecule has 0 radical (unpaired) electrons. The van der Waals surface area contributed by atoms with Crippen molar-refractivity contribution >= 4 is 38.8 Å². The molecule has 0 spiro atoms. The van der Waals surface area contributed by atoms with Crippen LogP contribution in [0, 0.1) is 25.2 Å². The minimum absolute atomic E-state index is 0. The predicted molar refractivity (Wildman–Crippen MR) is 262 cm³/mol. The van der Waals surface area contributed by atoms with Crippen LogP contribution in [0.15, 0.2) is 87.7 Å². The van der Waals surface area contributed by atoms with Gasteiger partial charge in [-0.1, -0.05) is 0 Å². The van der Waals surface area contributed by atoms with Gasteiger partial charge in [0.1, 0.15) is 0 Å². The van der Waals surface area contributed by atoms with Crippen LogP contribution >= 0.6 is 24.8 Å². The van der Waals surface area contributed by atoms with E-state index in [-0.39, 0.29) is 51.9 Å². The topological polar surface area (TPSA) is 0 Å². The molecule has 0 saturated carbocycles. The number of allylic oxidation sites excluding steroid dienone is 4. The number of hydrogen-bond acceptors (Lipinski definition) is 0. The molecule has 3 heteroatoms. The van der Waals surface area contributed by atoms with E-state index < -0.39 is 18.3 Å². The van der Waals surface area contributed by atoms with Crippen molar-refractivity contribution in [2.24, 2.45) is 11.3 Å². The molecule has 314 valence electrons. The van der Waals surface area contributed by atoms with E-state index >= 15 is 0 Å². The van der Waals surface area contributed by atoms with Crippen LogP contribution in [-0.2, 0) is 46.4 Å². The number of hydrogen-bond donors (Lipinski definition) is 0. The fraction of sp³-hybridized carbons (Fsp3) is 0.473. The van der Waals surface area contributed by atoms with Gasteiger partial charge in [0.15, 0.2) is 0 Å². The van der Waals surface area contributed by atoms with Crippen molar-refractivity contribution in [2.45, 2.75) is 159 Å². The van der Waals surface area contributed by atoms with Gasteiger partial charge in [-0.15, -0.1) is 24.8 Å². The summed E-state index contributed by atoms with van der Waals surface area (Å²) in [6, 6.07) is 27.4. The Morgan fingerprint density at radius 2 is 1.00 bits per heavy atom. The number of benzene rings is 4. The normalized spacial score (nSPS) is 16.2. The first-order valence-electron chi connectivity index (χ1n) is 21.5. The Kier molecular flexibility index (Phi) is 13.0. The Balaban J connectivity index is 0.00000372. The molecule has 0 amide bonds. The second kappa shape index (κ2) is 15.6. The first kappa shape index (κ1) is 48.4. The minimum atomic E-state index is -5.29. The molecule has 1 atom stereocenters. The molecule has 0 fully saturated rings. The van der Waals surface area contributed by atoms with E-state index in [2.05, 4.69) is 204 Å². The summed E-state index contributed by atoms with van der Waals surface area (Å²) >= 11 is -5.29. The van der Waals surface area contributed by atoms with Gasteiger partial charge in [-0.25, -0.2) is 0 Å². The zero-order chi connectivity index (χ0) is 41.8. The van der Waals surface area contributed by atoms with E-state index in [0.717, 1.165) is 12.8 Å². The molecule has 58 heavy (non-hydrogen) atoms. The number of halogens is 2. The zero-order valence-electron chi connectivity index (χ0n) is 39.5. The third-order valence-electron chi connectivity index (χ3n) is 13.5. The molecule has 6 rings (SSSR count). The van der Waals surface area contributed by atoms with Crippen LogP contribution in [0.5, 0.6) is 0 Å². The van der Waals surface area contributed by atoms with E-state index in [1.807, 2.05) is 0 Å². The van der Waals surface area contributed by atoms with Crippen LogP contribution in [0.2, 0.25) is 0 Å². The molecule has 1 unspecified atom stereocenters. The van der Waals surface area contributed by atoms with Gasteiger partial charge < -0.3 is 0 Å². The van der Waals surface area contributed by atoms with Gasteiger partial charge in [-0.3, -0.25) is 0 Å². The molecular formula is C55H76Cl2Zr. The van der Waals surface area contributed by atoms with Gasteiger partial charge >= 0.3 is 346 Å². The van der Waals surface area contributed by atoms with Gasteiger partial charge in [-0.05, 0) is 0 Å². The molecule has 2 aliphatic rings. The predicted octanol–water partition coefficient (Wildman–Crippen LogP) is 14.2. The molecule has 0 aliphatic heterocycles. The van der Waals surface area contributed by atoms with E-state index in [9.17, 15) is 0 Å². The van der Waals surface area contributed by atoms with Crippen molar-refractivity contribution in [3.05, 3.63) is 132 Å². The van der Waals surface area contributed by atoms with Crippen molar-refractivity contribution < 1.29 is 18.3 Å². The van der Waals surface area contributed by atoms with Crippen molar-refractivity contribution in [1.82, 2.24) is 0 Å². The molecular weight excluding hydrogens is 823 g/mol. The molecule has 0 nitrogen and oxygen atoms in total. The van der Waals surface area contributed by atoms with Gasteiger partial charge in [0.25, 0.3) is 0 Å². The van der Waals surface area contributed by atoms with E-state index in [0.29, 0.717) is 5.92 Å². The maximum absolute atomic E-state index is 6.13. The number of aryl methyl sites for hydroxylation is 2. The molecule has 0 saturated heterocycles. The molecule has 4 aromatic carbocycles. The van der Waals surface area contributed by atoms with Crippen LogP contribution in [-0.4, -0.2) is 4.21 Å². The Morgan fingerprint density at radius 1 is 0.569 bits per heavy atom. The fourth-order valence-electron chi connectivity index (χ4n) is 10.4. The van der Waals surface area contributed by atoms with Crippen LogP contribution < -0.4 is 9.81 Å². The standard InChI is InChI=1S/C29H41.C11H17.2C7H7.CH2.2ClH.Zr/c1-26(2,3)22-14-18-13-19-15-23(27(4,5)6)25(29(10,11)12)17-21(19)20(18)16-24(22)28(7,8)9;1-5-9-6-7-10(8-9)11(2,3)4;2*1-7-5-3-2-4-6-7;;;;/h14,16-17H,13H2,1-12H3;7-9H,5H2,1-4H3;2*3-6H,1H3;1H2;2*1H;. The summed E-state index contributed by atoms with van der Waals surface area (Å²) in [5, 5.41) is 0. The van der Waals surface area contributed by atoms with E-state index in [4.69, 9.17) is 4.21 Å². The molecule has 0 N–H and O–H groups in total. The second-order valence-electron chi connectivity index (χ2n) is 23.1. The van der Waals surface area contributed by atoms with Crippen molar-refractivity contribution in [3.63, 3.8) is 0 Å². The van der Waals surface area contributed by atoms with Crippen LogP contribution in [0.3, 0.4) is 0 Å². The first-order chi connectivity index (χ1) is 25.5. The van der Waals surface area contributed by atoms with Gasteiger partial charge in [0.05, 0.1) is 0 Å².